The van der Waals surface area contributed by atoms with Crippen molar-refractivity contribution in [3.8, 4) is 5.69 Å². The topological polar surface area (TPSA) is 81.8 Å². The average Bonchev–Trinajstić information content (AvgIpc) is 3.10. The van der Waals surface area contributed by atoms with Gasteiger partial charge in [0.05, 0.1) is 29.0 Å². The smallest absolute Gasteiger partial charge is 0.295 e. The third kappa shape index (κ3) is 3.84. The van der Waals surface area contributed by atoms with Crippen molar-refractivity contribution >= 4 is 34.1 Å². The number of carbonyl (C=O) groups excluding carboxylic acids is 1. The fourth-order valence-electron chi connectivity index (χ4n) is 3.42. The van der Waals surface area contributed by atoms with Crippen LogP contribution in [0, 0.1) is 13.8 Å². The van der Waals surface area contributed by atoms with E-state index < -0.39 is 0 Å². The molecule has 0 aliphatic rings. The quantitative estimate of drug-likeness (QED) is 0.530. The van der Waals surface area contributed by atoms with E-state index in [0.717, 1.165) is 16.8 Å². The monoisotopic (exact) mass is 421 g/mol. The van der Waals surface area contributed by atoms with E-state index in [2.05, 4.69) is 15.5 Å². The summed E-state index contributed by atoms with van der Waals surface area (Å²) in [5, 5.41) is 13.1. The molecule has 4 rings (SSSR count). The second-order valence-corrected chi connectivity index (χ2v) is 7.41. The van der Waals surface area contributed by atoms with Crippen molar-refractivity contribution in [3.05, 3.63) is 81.4 Å². The number of anilines is 1. The van der Waals surface area contributed by atoms with E-state index in [9.17, 15) is 9.59 Å². The summed E-state index contributed by atoms with van der Waals surface area (Å²) in [6.45, 7) is 3.92. The number of fused-ring (bicyclic) bond motifs is 1. The molecule has 0 radical (unpaired) electrons. The molecule has 0 saturated heterocycles. The van der Waals surface area contributed by atoms with Gasteiger partial charge in [-0.1, -0.05) is 29.8 Å². The van der Waals surface area contributed by atoms with Gasteiger partial charge in [-0.25, -0.2) is 9.36 Å². The zero-order chi connectivity index (χ0) is 21.3. The number of carbonyl (C=O) groups is 1. The number of aromatic nitrogens is 4. The highest BCUT2D eigenvalue weighted by Gasteiger charge is 2.17. The number of benzene rings is 2. The Hall–Kier alpha value is -3.45. The van der Waals surface area contributed by atoms with Crippen LogP contribution in [0.15, 0.2) is 59.4 Å². The largest absolute Gasteiger partial charge is 0.326 e. The molecule has 0 spiro atoms. The highest BCUT2D eigenvalue weighted by Crippen LogP contribution is 2.21. The molecule has 8 heteroatoms. The van der Waals surface area contributed by atoms with Gasteiger partial charge in [-0.15, -0.1) is 0 Å². The maximum atomic E-state index is 13.0. The molecule has 4 aromatic rings. The standard InChI is InChI=1S/C22H20ClN5O2/c1-14-20-15(2)28(18-6-4-3-5-7-18)26-21(20)22(30)27(25-14)13-12-19(29)24-17-10-8-16(23)9-11-17/h3-11H,12-13H2,1-2H3,(H,24,29). The number of para-hydroxylation sites is 1. The van der Waals surface area contributed by atoms with Crippen LogP contribution in [0.25, 0.3) is 16.6 Å². The Morgan fingerprint density at radius 3 is 2.43 bits per heavy atom. The molecule has 0 bridgehead atoms. The number of amides is 1. The lowest BCUT2D eigenvalue weighted by atomic mass is 10.2. The van der Waals surface area contributed by atoms with Gasteiger partial charge >= 0.3 is 0 Å². The molecule has 7 nitrogen and oxygen atoms in total. The first-order valence-corrected chi connectivity index (χ1v) is 9.90. The molecule has 2 aromatic carbocycles. The Balaban J connectivity index is 1.59. The number of halogens is 1. The maximum absolute atomic E-state index is 13.0. The van der Waals surface area contributed by atoms with E-state index in [4.69, 9.17) is 11.6 Å². The minimum Gasteiger partial charge on any atom is -0.326 e. The molecular weight excluding hydrogens is 402 g/mol. The van der Waals surface area contributed by atoms with Gasteiger partial charge in [0, 0.05) is 17.1 Å². The van der Waals surface area contributed by atoms with E-state index in [-0.39, 0.29) is 24.4 Å². The summed E-state index contributed by atoms with van der Waals surface area (Å²) >= 11 is 5.85. The number of nitrogens with one attached hydrogen (secondary N) is 1. The van der Waals surface area contributed by atoms with E-state index in [1.807, 2.05) is 44.2 Å². The van der Waals surface area contributed by atoms with Crippen LogP contribution in [0.4, 0.5) is 5.69 Å². The first-order valence-electron chi connectivity index (χ1n) is 9.52. The van der Waals surface area contributed by atoms with E-state index >= 15 is 0 Å². The van der Waals surface area contributed by atoms with Gasteiger partial charge in [-0.05, 0) is 50.2 Å². The fourth-order valence-corrected chi connectivity index (χ4v) is 3.55. The van der Waals surface area contributed by atoms with E-state index in [0.29, 0.717) is 21.9 Å². The third-order valence-electron chi connectivity index (χ3n) is 4.87. The molecule has 1 amide bonds. The second kappa shape index (κ2) is 8.12. The molecule has 0 saturated carbocycles. The van der Waals surface area contributed by atoms with Gasteiger partial charge in [0.1, 0.15) is 0 Å². The van der Waals surface area contributed by atoms with Gasteiger partial charge in [0.2, 0.25) is 5.91 Å². The minimum absolute atomic E-state index is 0.110. The first-order chi connectivity index (χ1) is 14.4. The van der Waals surface area contributed by atoms with Crippen molar-refractivity contribution in [2.24, 2.45) is 0 Å². The second-order valence-electron chi connectivity index (χ2n) is 6.98. The highest BCUT2D eigenvalue weighted by atomic mass is 35.5. The lowest BCUT2D eigenvalue weighted by Gasteiger charge is -2.08. The molecule has 152 valence electrons. The predicted molar refractivity (Wildman–Crippen MR) is 117 cm³/mol. The third-order valence-corrected chi connectivity index (χ3v) is 5.12. The molecule has 0 fully saturated rings. The van der Waals surface area contributed by atoms with Crippen molar-refractivity contribution in [2.75, 3.05) is 5.32 Å². The van der Waals surface area contributed by atoms with E-state index in [1.54, 1.807) is 28.9 Å². The van der Waals surface area contributed by atoms with Gasteiger partial charge in [0.25, 0.3) is 5.56 Å². The normalized spacial score (nSPS) is 11.0. The molecule has 2 heterocycles. The Morgan fingerprint density at radius 1 is 1.03 bits per heavy atom. The number of rotatable bonds is 5. The number of aryl methyl sites for hydroxylation is 3. The zero-order valence-electron chi connectivity index (χ0n) is 16.6. The highest BCUT2D eigenvalue weighted by molar-refractivity contribution is 6.30. The lowest BCUT2D eigenvalue weighted by Crippen LogP contribution is -2.26. The Kier molecular flexibility index (Phi) is 5.37. The number of hydrogen-bond acceptors (Lipinski definition) is 4. The Labute approximate surface area is 177 Å². The van der Waals surface area contributed by atoms with Crippen molar-refractivity contribution in [2.45, 2.75) is 26.8 Å². The number of nitrogens with zero attached hydrogens (tertiary/aromatic N) is 4. The predicted octanol–water partition coefficient (Wildman–Crippen LogP) is 3.88. The summed E-state index contributed by atoms with van der Waals surface area (Å²) < 4.78 is 3.05. The van der Waals surface area contributed by atoms with Crippen LogP contribution in [0.2, 0.25) is 5.02 Å². The molecule has 0 aliphatic heterocycles. The molecular formula is C22H20ClN5O2. The van der Waals surface area contributed by atoms with Crippen LogP contribution in [-0.2, 0) is 11.3 Å². The van der Waals surface area contributed by atoms with Crippen LogP contribution in [-0.4, -0.2) is 25.5 Å². The fraction of sp³-hybridized carbons (Fsp3) is 0.182. The van der Waals surface area contributed by atoms with Gasteiger partial charge in [-0.3, -0.25) is 9.59 Å². The van der Waals surface area contributed by atoms with Crippen LogP contribution < -0.4 is 10.9 Å². The maximum Gasteiger partial charge on any atom is 0.295 e. The van der Waals surface area contributed by atoms with Crippen LogP contribution in [0.1, 0.15) is 17.8 Å². The van der Waals surface area contributed by atoms with E-state index in [1.165, 1.54) is 4.68 Å². The van der Waals surface area contributed by atoms with Gasteiger partial charge < -0.3 is 5.32 Å². The summed E-state index contributed by atoms with van der Waals surface area (Å²) in [5.74, 6) is -0.213. The summed E-state index contributed by atoms with van der Waals surface area (Å²) in [5.41, 5.74) is 3.11. The SMILES string of the molecule is Cc1nn(CCC(=O)Nc2ccc(Cl)cc2)c(=O)c2nn(-c3ccccc3)c(C)c12. The lowest BCUT2D eigenvalue weighted by molar-refractivity contribution is -0.116. The van der Waals surface area contributed by atoms with Crippen molar-refractivity contribution in [1.29, 1.82) is 0 Å². The first kappa shape index (κ1) is 19.8. The van der Waals surface area contributed by atoms with Crippen LogP contribution in [0.3, 0.4) is 0 Å². The zero-order valence-corrected chi connectivity index (χ0v) is 17.3. The molecule has 0 atom stereocenters. The summed E-state index contributed by atoms with van der Waals surface area (Å²) in [6, 6.07) is 16.5. The average molecular weight is 422 g/mol. The minimum atomic E-state index is -0.312. The summed E-state index contributed by atoms with van der Waals surface area (Å²) in [4.78, 5) is 25.2. The summed E-state index contributed by atoms with van der Waals surface area (Å²) in [6.07, 6.45) is 0.110. The molecule has 1 N–H and O–H groups in total. The van der Waals surface area contributed by atoms with Gasteiger partial charge in [0.15, 0.2) is 5.52 Å². The van der Waals surface area contributed by atoms with Crippen molar-refractivity contribution in [1.82, 2.24) is 19.6 Å². The summed E-state index contributed by atoms with van der Waals surface area (Å²) in [7, 11) is 0. The van der Waals surface area contributed by atoms with Gasteiger partial charge in [-0.2, -0.15) is 10.2 Å². The molecule has 2 aromatic heterocycles. The van der Waals surface area contributed by atoms with Crippen LogP contribution in [0.5, 0.6) is 0 Å². The van der Waals surface area contributed by atoms with Crippen molar-refractivity contribution < 1.29 is 4.79 Å². The number of hydrogen-bond donors (Lipinski definition) is 1. The Morgan fingerprint density at radius 2 is 1.73 bits per heavy atom. The van der Waals surface area contributed by atoms with Crippen molar-refractivity contribution in [3.63, 3.8) is 0 Å². The Bertz CT molecular complexity index is 1280. The molecule has 30 heavy (non-hydrogen) atoms. The molecule has 0 aliphatic carbocycles. The van der Waals surface area contributed by atoms with Crippen LogP contribution >= 0.6 is 11.6 Å². The molecule has 0 unspecified atom stereocenters.